The molecule has 2 nitrogen and oxygen atoms in total. The highest BCUT2D eigenvalue weighted by molar-refractivity contribution is 6.44. The van der Waals surface area contributed by atoms with Crippen molar-refractivity contribution in [2.24, 2.45) is 11.3 Å². The Morgan fingerprint density at radius 1 is 1.67 bits per heavy atom. The number of esters is 1. The van der Waals surface area contributed by atoms with Crippen molar-refractivity contribution in [2.45, 2.75) is 25.1 Å². The maximum Gasteiger partial charge on any atom is 0.309 e. The number of ether oxygens (including phenoxy) is 1. The lowest BCUT2D eigenvalue weighted by molar-refractivity contribution is -0.145. The first-order chi connectivity index (χ1) is 5.43. The third kappa shape index (κ3) is 2.53. The van der Waals surface area contributed by atoms with E-state index in [1.165, 1.54) is 0 Å². The van der Waals surface area contributed by atoms with E-state index in [4.69, 9.17) is 27.9 Å². The summed E-state index contributed by atoms with van der Waals surface area (Å²) in [6.45, 7) is 4.17. The Morgan fingerprint density at radius 2 is 2.17 bits per heavy atom. The van der Waals surface area contributed by atoms with Gasteiger partial charge >= 0.3 is 5.97 Å². The fourth-order valence-electron chi connectivity index (χ4n) is 1.12. The third-order valence-electron chi connectivity index (χ3n) is 2.15. The Balaban J connectivity index is 2.23. The SMILES string of the molecule is CC1(C)CC1C(=O)OCC(Cl)Cl. The lowest BCUT2D eigenvalue weighted by Crippen LogP contribution is -2.14. The second-order valence-electron chi connectivity index (χ2n) is 3.77. The Bertz CT molecular complexity index is 189. The number of carbonyl (C=O) groups is 1. The van der Waals surface area contributed by atoms with Gasteiger partial charge in [0.15, 0.2) is 0 Å². The van der Waals surface area contributed by atoms with Gasteiger partial charge in [0.25, 0.3) is 0 Å². The predicted octanol–water partition coefficient (Wildman–Crippen LogP) is 2.38. The lowest BCUT2D eigenvalue weighted by atomic mass is 10.1. The second kappa shape index (κ2) is 3.43. The van der Waals surface area contributed by atoms with Gasteiger partial charge in [0.2, 0.25) is 0 Å². The van der Waals surface area contributed by atoms with Gasteiger partial charge in [-0.3, -0.25) is 4.79 Å². The van der Waals surface area contributed by atoms with Crippen molar-refractivity contribution in [2.75, 3.05) is 6.61 Å². The van der Waals surface area contributed by atoms with E-state index >= 15 is 0 Å². The van der Waals surface area contributed by atoms with Crippen LogP contribution in [0.15, 0.2) is 0 Å². The molecule has 1 unspecified atom stereocenters. The fourth-order valence-corrected chi connectivity index (χ4v) is 1.24. The molecule has 0 amide bonds. The van der Waals surface area contributed by atoms with Gasteiger partial charge in [0, 0.05) is 0 Å². The summed E-state index contributed by atoms with van der Waals surface area (Å²) in [5, 5.41) is 0. The smallest absolute Gasteiger partial charge is 0.309 e. The van der Waals surface area contributed by atoms with Crippen LogP contribution in [0.25, 0.3) is 0 Å². The third-order valence-corrected chi connectivity index (χ3v) is 2.40. The largest absolute Gasteiger partial charge is 0.463 e. The molecule has 0 aliphatic heterocycles. The average molecular weight is 211 g/mol. The topological polar surface area (TPSA) is 26.3 Å². The van der Waals surface area contributed by atoms with Crippen LogP contribution in [0.5, 0.6) is 0 Å². The molecule has 1 atom stereocenters. The van der Waals surface area contributed by atoms with E-state index in [2.05, 4.69) is 0 Å². The van der Waals surface area contributed by atoms with Crippen LogP contribution in [-0.2, 0) is 9.53 Å². The Labute approximate surface area is 82.2 Å². The molecule has 1 saturated carbocycles. The van der Waals surface area contributed by atoms with E-state index in [0.717, 1.165) is 6.42 Å². The molecule has 0 bridgehead atoms. The van der Waals surface area contributed by atoms with Crippen LogP contribution >= 0.6 is 23.2 Å². The number of halogens is 2. The van der Waals surface area contributed by atoms with E-state index in [9.17, 15) is 4.79 Å². The molecule has 0 N–H and O–H groups in total. The summed E-state index contributed by atoms with van der Waals surface area (Å²) in [6.07, 6.45) is 0.904. The van der Waals surface area contributed by atoms with Crippen molar-refractivity contribution in [1.29, 1.82) is 0 Å². The zero-order chi connectivity index (χ0) is 9.35. The molecular formula is C8H12Cl2O2. The average Bonchev–Trinajstić information content (AvgIpc) is 2.55. The monoisotopic (exact) mass is 210 g/mol. The van der Waals surface area contributed by atoms with E-state index < -0.39 is 4.84 Å². The first kappa shape index (κ1) is 10.1. The molecule has 0 saturated heterocycles. The summed E-state index contributed by atoms with van der Waals surface area (Å²) >= 11 is 10.8. The molecule has 0 aromatic heterocycles. The van der Waals surface area contributed by atoms with Crippen LogP contribution in [0.3, 0.4) is 0 Å². The van der Waals surface area contributed by atoms with Crippen LogP contribution in [0.4, 0.5) is 0 Å². The summed E-state index contributed by atoms with van der Waals surface area (Å²) in [5.74, 6) is -0.129. The van der Waals surface area contributed by atoms with E-state index in [1.807, 2.05) is 13.8 Å². The van der Waals surface area contributed by atoms with Gasteiger partial charge in [0.1, 0.15) is 11.4 Å². The van der Waals surface area contributed by atoms with Gasteiger partial charge < -0.3 is 4.74 Å². The van der Waals surface area contributed by atoms with Crippen molar-refractivity contribution in [3.8, 4) is 0 Å². The molecule has 0 aromatic rings. The molecule has 1 fully saturated rings. The molecule has 0 radical (unpaired) electrons. The maximum absolute atomic E-state index is 11.2. The predicted molar refractivity (Wildman–Crippen MR) is 48.3 cm³/mol. The van der Waals surface area contributed by atoms with Crippen molar-refractivity contribution >= 4 is 29.2 Å². The number of hydrogen-bond donors (Lipinski definition) is 0. The molecule has 4 heteroatoms. The van der Waals surface area contributed by atoms with E-state index in [0.29, 0.717) is 0 Å². The highest BCUT2D eigenvalue weighted by atomic mass is 35.5. The fraction of sp³-hybridized carbons (Fsp3) is 0.875. The molecule has 1 aliphatic carbocycles. The standard InChI is InChI=1S/C8H12Cl2O2/c1-8(2)3-5(8)7(11)12-4-6(9)10/h5-6H,3-4H2,1-2H3. The van der Waals surface area contributed by atoms with Crippen LogP contribution in [0, 0.1) is 11.3 Å². The number of alkyl halides is 2. The zero-order valence-corrected chi connectivity index (χ0v) is 8.65. The second-order valence-corrected chi connectivity index (χ2v) is 5.04. The maximum atomic E-state index is 11.2. The minimum absolute atomic E-state index is 0.0459. The van der Waals surface area contributed by atoms with E-state index in [-0.39, 0.29) is 23.9 Å². The first-order valence-electron chi connectivity index (χ1n) is 3.88. The van der Waals surface area contributed by atoms with Crippen LogP contribution in [-0.4, -0.2) is 17.4 Å². The number of hydrogen-bond acceptors (Lipinski definition) is 2. The summed E-state index contributed by atoms with van der Waals surface area (Å²) in [4.78, 5) is 10.6. The number of carbonyl (C=O) groups excluding carboxylic acids is 1. The molecule has 0 heterocycles. The number of rotatable bonds is 3. The van der Waals surface area contributed by atoms with Crippen LogP contribution in [0.1, 0.15) is 20.3 Å². The summed E-state index contributed by atoms with van der Waals surface area (Å²) in [7, 11) is 0. The van der Waals surface area contributed by atoms with Crippen LogP contribution in [0.2, 0.25) is 0 Å². The molecular weight excluding hydrogens is 199 g/mol. The summed E-state index contributed by atoms with van der Waals surface area (Å²) in [5.41, 5.74) is 0.116. The summed E-state index contributed by atoms with van der Waals surface area (Å²) in [6, 6.07) is 0. The zero-order valence-electron chi connectivity index (χ0n) is 7.14. The molecule has 0 spiro atoms. The van der Waals surface area contributed by atoms with Gasteiger partial charge in [-0.25, -0.2) is 0 Å². The quantitative estimate of drug-likeness (QED) is 0.529. The van der Waals surface area contributed by atoms with Gasteiger partial charge in [-0.1, -0.05) is 13.8 Å². The Kier molecular flexibility index (Phi) is 2.89. The lowest BCUT2D eigenvalue weighted by Gasteiger charge is -2.05. The van der Waals surface area contributed by atoms with Gasteiger partial charge in [-0.15, -0.1) is 23.2 Å². The minimum atomic E-state index is -0.615. The van der Waals surface area contributed by atoms with E-state index in [1.54, 1.807) is 0 Å². The van der Waals surface area contributed by atoms with Gasteiger partial charge in [-0.2, -0.15) is 0 Å². The molecule has 12 heavy (non-hydrogen) atoms. The molecule has 1 rings (SSSR count). The van der Waals surface area contributed by atoms with Gasteiger partial charge in [-0.05, 0) is 11.8 Å². The van der Waals surface area contributed by atoms with Crippen molar-refractivity contribution in [3.05, 3.63) is 0 Å². The van der Waals surface area contributed by atoms with Crippen molar-refractivity contribution < 1.29 is 9.53 Å². The highest BCUT2D eigenvalue weighted by Gasteiger charge is 2.51. The first-order valence-corrected chi connectivity index (χ1v) is 4.75. The minimum Gasteiger partial charge on any atom is -0.463 e. The van der Waals surface area contributed by atoms with Crippen molar-refractivity contribution in [3.63, 3.8) is 0 Å². The molecule has 70 valence electrons. The Morgan fingerprint density at radius 3 is 2.50 bits per heavy atom. The Hall–Kier alpha value is 0.0500. The van der Waals surface area contributed by atoms with Crippen molar-refractivity contribution in [1.82, 2.24) is 0 Å². The molecule has 1 aliphatic rings. The van der Waals surface area contributed by atoms with Crippen LogP contribution < -0.4 is 0 Å². The molecule has 0 aromatic carbocycles. The van der Waals surface area contributed by atoms with Gasteiger partial charge in [0.05, 0.1) is 5.92 Å². The highest BCUT2D eigenvalue weighted by Crippen LogP contribution is 2.52. The normalized spacial score (nSPS) is 25.6. The summed E-state index contributed by atoms with van der Waals surface area (Å²) < 4.78 is 4.86.